The van der Waals surface area contributed by atoms with Gasteiger partial charge in [0.2, 0.25) is 0 Å². The highest BCUT2D eigenvalue weighted by atomic mass is 16.5. The van der Waals surface area contributed by atoms with Crippen LogP contribution in [0.5, 0.6) is 0 Å². The SMILES string of the molecule is CC(=O)O.CCCCCCOCCOCCOCC. The first kappa shape index (κ1) is 20.7. The van der Waals surface area contributed by atoms with Crippen LogP contribution in [0, 0.1) is 0 Å². The molecule has 0 aliphatic heterocycles. The van der Waals surface area contributed by atoms with Gasteiger partial charge >= 0.3 is 0 Å². The lowest BCUT2D eigenvalue weighted by Crippen LogP contribution is -2.09. The van der Waals surface area contributed by atoms with Gasteiger partial charge in [0.25, 0.3) is 5.97 Å². The van der Waals surface area contributed by atoms with Crippen LogP contribution in [0.15, 0.2) is 0 Å². The lowest BCUT2D eigenvalue weighted by atomic mass is 10.2. The zero-order chi connectivity index (χ0) is 14.8. The number of carboxylic acids is 1. The molecule has 5 heteroatoms. The minimum atomic E-state index is -0.833. The monoisotopic (exact) mass is 278 g/mol. The third-order valence-electron chi connectivity index (χ3n) is 2.09. The van der Waals surface area contributed by atoms with Crippen LogP contribution in [0.2, 0.25) is 0 Å². The van der Waals surface area contributed by atoms with Gasteiger partial charge in [-0.2, -0.15) is 0 Å². The lowest BCUT2D eigenvalue weighted by molar-refractivity contribution is -0.134. The molecule has 0 radical (unpaired) electrons. The van der Waals surface area contributed by atoms with Crippen molar-refractivity contribution in [2.75, 3.05) is 39.6 Å². The van der Waals surface area contributed by atoms with E-state index in [0.717, 1.165) is 20.1 Å². The van der Waals surface area contributed by atoms with Gasteiger partial charge in [-0.1, -0.05) is 26.2 Å². The van der Waals surface area contributed by atoms with E-state index in [0.29, 0.717) is 26.4 Å². The fourth-order valence-corrected chi connectivity index (χ4v) is 1.22. The average molecular weight is 278 g/mol. The number of aliphatic carboxylic acids is 1. The van der Waals surface area contributed by atoms with Gasteiger partial charge in [0.1, 0.15) is 0 Å². The minimum Gasteiger partial charge on any atom is -0.481 e. The van der Waals surface area contributed by atoms with Crippen LogP contribution in [0.3, 0.4) is 0 Å². The first-order valence-corrected chi connectivity index (χ1v) is 7.07. The smallest absolute Gasteiger partial charge is 0.300 e. The summed E-state index contributed by atoms with van der Waals surface area (Å²) in [6, 6.07) is 0. The van der Waals surface area contributed by atoms with Gasteiger partial charge in [-0.05, 0) is 13.3 Å². The maximum absolute atomic E-state index is 9.00. The Morgan fingerprint density at radius 1 is 0.842 bits per heavy atom. The molecule has 19 heavy (non-hydrogen) atoms. The fraction of sp³-hybridized carbons (Fsp3) is 0.929. The Labute approximate surface area is 117 Å². The summed E-state index contributed by atoms with van der Waals surface area (Å²) in [5, 5.41) is 7.42. The third kappa shape index (κ3) is 31.7. The van der Waals surface area contributed by atoms with Crippen molar-refractivity contribution in [1.82, 2.24) is 0 Å². The molecule has 0 amide bonds. The highest BCUT2D eigenvalue weighted by molar-refractivity contribution is 5.62. The normalized spacial score (nSPS) is 9.84. The van der Waals surface area contributed by atoms with Crippen molar-refractivity contribution in [1.29, 1.82) is 0 Å². The topological polar surface area (TPSA) is 65.0 Å². The molecule has 0 aromatic carbocycles. The van der Waals surface area contributed by atoms with Crippen molar-refractivity contribution in [3.8, 4) is 0 Å². The molecule has 0 aliphatic carbocycles. The first-order chi connectivity index (χ1) is 9.15. The van der Waals surface area contributed by atoms with Crippen LogP contribution in [0.1, 0.15) is 46.5 Å². The molecule has 0 rings (SSSR count). The number of hydrogen-bond acceptors (Lipinski definition) is 4. The van der Waals surface area contributed by atoms with Gasteiger partial charge in [-0.3, -0.25) is 4.79 Å². The Morgan fingerprint density at radius 2 is 1.32 bits per heavy atom. The molecule has 0 fully saturated rings. The lowest BCUT2D eigenvalue weighted by Gasteiger charge is -2.05. The van der Waals surface area contributed by atoms with E-state index in [1.807, 2.05) is 6.92 Å². The van der Waals surface area contributed by atoms with Crippen molar-refractivity contribution < 1.29 is 24.1 Å². The Kier molecular flexibility index (Phi) is 21.4. The second kappa shape index (κ2) is 19.7. The molecule has 0 atom stereocenters. The summed E-state index contributed by atoms with van der Waals surface area (Å²) in [5.41, 5.74) is 0. The Balaban J connectivity index is 0. The van der Waals surface area contributed by atoms with E-state index in [4.69, 9.17) is 24.1 Å². The van der Waals surface area contributed by atoms with Gasteiger partial charge in [0.05, 0.1) is 26.4 Å². The number of ether oxygens (including phenoxy) is 3. The Hall–Kier alpha value is -0.650. The molecule has 0 bridgehead atoms. The molecule has 0 aromatic rings. The number of rotatable bonds is 12. The van der Waals surface area contributed by atoms with Crippen molar-refractivity contribution in [2.45, 2.75) is 46.5 Å². The van der Waals surface area contributed by atoms with E-state index in [9.17, 15) is 0 Å². The predicted octanol–water partition coefficient (Wildman–Crippen LogP) is 2.73. The highest BCUT2D eigenvalue weighted by Gasteiger charge is 1.91. The van der Waals surface area contributed by atoms with Gasteiger partial charge in [-0.15, -0.1) is 0 Å². The van der Waals surface area contributed by atoms with Crippen LogP contribution in [-0.4, -0.2) is 50.7 Å². The number of hydrogen-bond donors (Lipinski definition) is 1. The van der Waals surface area contributed by atoms with Crippen LogP contribution >= 0.6 is 0 Å². The maximum Gasteiger partial charge on any atom is 0.300 e. The summed E-state index contributed by atoms with van der Waals surface area (Å²) in [7, 11) is 0. The summed E-state index contributed by atoms with van der Waals surface area (Å²) in [6.45, 7) is 9.66. The summed E-state index contributed by atoms with van der Waals surface area (Å²) in [5.74, 6) is -0.833. The summed E-state index contributed by atoms with van der Waals surface area (Å²) < 4.78 is 15.9. The molecule has 0 saturated carbocycles. The molecule has 0 heterocycles. The minimum absolute atomic E-state index is 0.674. The second-order valence-electron chi connectivity index (χ2n) is 4.00. The van der Waals surface area contributed by atoms with Crippen molar-refractivity contribution in [3.63, 3.8) is 0 Å². The molecular weight excluding hydrogens is 248 g/mol. The molecule has 0 saturated heterocycles. The fourth-order valence-electron chi connectivity index (χ4n) is 1.22. The third-order valence-corrected chi connectivity index (χ3v) is 2.09. The standard InChI is InChI=1S/C12H26O3.C2H4O2/c1-3-5-6-7-8-14-11-12-15-10-9-13-4-2;1-2(3)4/h3-12H2,1-2H3;1H3,(H,3,4). The average Bonchev–Trinajstić information content (AvgIpc) is 2.35. The summed E-state index contributed by atoms with van der Waals surface area (Å²) in [4.78, 5) is 9.00. The molecular formula is C14H30O5. The van der Waals surface area contributed by atoms with E-state index >= 15 is 0 Å². The van der Waals surface area contributed by atoms with Crippen molar-refractivity contribution in [2.24, 2.45) is 0 Å². The van der Waals surface area contributed by atoms with Crippen LogP contribution < -0.4 is 0 Å². The second-order valence-corrected chi connectivity index (χ2v) is 4.00. The Morgan fingerprint density at radius 3 is 1.79 bits per heavy atom. The predicted molar refractivity (Wildman–Crippen MR) is 75.6 cm³/mol. The molecule has 5 nitrogen and oxygen atoms in total. The quantitative estimate of drug-likeness (QED) is 0.556. The molecule has 0 aromatic heterocycles. The molecule has 0 unspecified atom stereocenters. The number of unbranched alkanes of at least 4 members (excludes halogenated alkanes) is 3. The largest absolute Gasteiger partial charge is 0.481 e. The van der Waals surface area contributed by atoms with E-state index in [-0.39, 0.29) is 0 Å². The van der Waals surface area contributed by atoms with E-state index in [2.05, 4.69) is 6.92 Å². The maximum atomic E-state index is 9.00. The number of carbonyl (C=O) groups is 1. The van der Waals surface area contributed by atoms with Crippen molar-refractivity contribution >= 4 is 5.97 Å². The molecule has 0 spiro atoms. The van der Waals surface area contributed by atoms with Crippen LogP contribution in [0.25, 0.3) is 0 Å². The molecule has 1 N–H and O–H groups in total. The van der Waals surface area contributed by atoms with Gasteiger partial charge in [-0.25, -0.2) is 0 Å². The van der Waals surface area contributed by atoms with E-state index in [1.54, 1.807) is 0 Å². The summed E-state index contributed by atoms with van der Waals surface area (Å²) >= 11 is 0. The van der Waals surface area contributed by atoms with E-state index < -0.39 is 5.97 Å². The van der Waals surface area contributed by atoms with Crippen LogP contribution in [0.4, 0.5) is 0 Å². The Bertz CT molecular complexity index is 157. The molecule has 116 valence electrons. The van der Waals surface area contributed by atoms with Crippen molar-refractivity contribution in [3.05, 3.63) is 0 Å². The van der Waals surface area contributed by atoms with Gasteiger partial charge < -0.3 is 19.3 Å². The van der Waals surface area contributed by atoms with Crippen LogP contribution in [-0.2, 0) is 19.0 Å². The first-order valence-electron chi connectivity index (χ1n) is 7.07. The van der Waals surface area contributed by atoms with Gasteiger partial charge in [0, 0.05) is 20.1 Å². The molecule has 0 aliphatic rings. The zero-order valence-electron chi connectivity index (χ0n) is 12.7. The zero-order valence-corrected chi connectivity index (χ0v) is 12.7. The van der Waals surface area contributed by atoms with E-state index in [1.165, 1.54) is 25.7 Å². The highest BCUT2D eigenvalue weighted by Crippen LogP contribution is 1.98. The summed E-state index contributed by atoms with van der Waals surface area (Å²) in [6.07, 6.45) is 5.04. The number of carboxylic acid groups (broad SMARTS) is 1. The van der Waals surface area contributed by atoms with Gasteiger partial charge in [0.15, 0.2) is 0 Å².